The third-order valence-electron chi connectivity index (χ3n) is 4.83. The summed E-state index contributed by atoms with van der Waals surface area (Å²) in [7, 11) is 0. The van der Waals surface area contributed by atoms with Crippen LogP contribution in [0.5, 0.6) is 5.75 Å². The molecule has 1 unspecified atom stereocenters. The Bertz CT molecular complexity index is 905. The van der Waals surface area contributed by atoms with Gasteiger partial charge < -0.3 is 19.8 Å². The number of hydrogen-bond acceptors (Lipinski definition) is 5. The maximum Gasteiger partial charge on any atom is 0.336 e. The Hall–Kier alpha value is -2.83. The van der Waals surface area contributed by atoms with E-state index in [2.05, 4.69) is 0 Å². The second kappa shape index (κ2) is 8.24. The molecular weight excluding hydrogens is 348 g/mol. The van der Waals surface area contributed by atoms with Gasteiger partial charge in [0.15, 0.2) is 6.61 Å². The van der Waals surface area contributed by atoms with Crippen LogP contribution >= 0.6 is 0 Å². The van der Waals surface area contributed by atoms with Crippen LogP contribution in [-0.4, -0.2) is 35.9 Å². The van der Waals surface area contributed by atoms with Crippen LogP contribution in [-0.2, 0) is 16.0 Å². The maximum atomic E-state index is 12.5. The minimum absolute atomic E-state index is 0.200. The number of likely N-dealkylation sites (tertiary alicyclic amines) is 1. The number of aryl methyl sites for hydroxylation is 1. The van der Waals surface area contributed by atoms with Gasteiger partial charge in [-0.25, -0.2) is 4.79 Å². The van der Waals surface area contributed by atoms with Crippen molar-refractivity contribution in [3.63, 3.8) is 0 Å². The molecule has 2 aromatic rings. The first kappa shape index (κ1) is 18.9. The summed E-state index contributed by atoms with van der Waals surface area (Å²) in [6.07, 6.45) is 4.01. The molecule has 1 fully saturated rings. The van der Waals surface area contributed by atoms with Crippen molar-refractivity contribution in [1.29, 1.82) is 0 Å². The van der Waals surface area contributed by atoms with Crippen LogP contribution in [0.4, 0.5) is 0 Å². The number of carbonyl (C=O) groups excluding carboxylic acids is 2. The van der Waals surface area contributed by atoms with Gasteiger partial charge in [-0.3, -0.25) is 9.59 Å². The molecular formula is C20H24N2O5. The highest BCUT2D eigenvalue weighted by molar-refractivity contribution is 5.87. The van der Waals surface area contributed by atoms with Gasteiger partial charge in [0.05, 0.1) is 0 Å². The average Bonchev–Trinajstić information content (AvgIpc) is 2.65. The maximum absolute atomic E-state index is 12.5. The fourth-order valence-electron chi connectivity index (χ4n) is 3.53. The molecule has 0 saturated carbocycles. The molecule has 2 N–H and O–H groups in total. The lowest BCUT2D eigenvalue weighted by atomic mass is 10.0. The van der Waals surface area contributed by atoms with Crippen LogP contribution in [0.1, 0.15) is 38.2 Å². The smallest absolute Gasteiger partial charge is 0.336 e. The van der Waals surface area contributed by atoms with Crippen molar-refractivity contribution in [3.8, 4) is 5.75 Å². The van der Waals surface area contributed by atoms with Gasteiger partial charge in [-0.05, 0) is 43.4 Å². The van der Waals surface area contributed by atoms with E-state index in [4.69, 9.17) is 14.9 Å². The van der Waals surface area contributed by atoms with Gasteiger partial charge in [0, 0.05) is 24.1 Å². The standard InChI is InChI=1S/C20H24N2O5/c1-2-5-13-10-19(24)27-17-11-14(7-8-15(13)17)26-12-18(23)22-9-4-3-6-16(22)20(21)25/h7-8,10-11,16H,2-6,9,12H2,1H3,(H2,21,25). The van der Waals surface area contributed by atoms with E-state index in [1.54, 1.807) is 12.1 Å². The molecule has 144 valence electrons. The minimum atomic E-state index is -0.568. The normalized spacial score (nSPS) is 17.1. The zero-order valence-corrected chi connectivity index (χ0v) is 15.4. The van der Waals surface area contributed by atoms with Crippen LogP contribution in [0.2, 0.25) is 0 Å². The molecule has 2 amide bonds. The zero-order chi connectivity index (χ0) is 19.4. The van der Waals surface area contributed by atoms with Gasteiger partial charge in [-0.15, -0.1) is 0 Å². The van der Waals surface area contributed by atoms with Crippen molar-refractivity contribution in [3.05, 3.63) is 40.2 Å². The molecule has 2 heterocycles. The number of hydrogen-bond donors (Lipinski definition) is 1. The fourth-order valence-corrected chi connectivity index (χ4v) is 3.53. The molecule has 0 radical (unpaired) electrons. The Kier molecular flexibility index (Phi) is 5.78. The molecule has 1 saturated heterocycles. The summed E-state index contributed by atoms with van der Waals surface area (Å²) in [5.41, 5.74) is 6.36. The second-order valence-electron chi connectivity index (χ2n) is 6.79. The van der Waals surface area contributed by atoms with Gasteiger partial charge in [0.1, 0.15) is 17.4 Å². The molecule has 0 bridgehead atoms. The van der Waals surface area contributed by atoms with Gasteiger partial charge >= 0.3 is 5.63 Å². The fraction of sp³-hybridized carbons (Fsp3) is 0.450. The molecule has 27 heavy (non-hydrogen) atoms. The number of piperidine rings is 1. The van der Waals surface area contributed by atoms with E-state index in [-0.39, 0.29) is 12.5 Å². The highest BCUT2D eigenvalue weighted by Crippen LogP contribution is 2.24. The summed E-state index contributed by atoms with van der Waals surface area (Å²) >= 11 is 0. The summed E-state index contributed by atoms with van der Waals surface area (Å²) in [5.74, 6) is -0.334. The molecule has 1 aromatic carbocycles. The topological polar surface area (TPSA) is 103 Å². The van der Waals surface area contributed by atoms with E-state index in [1.165, 1.54) is 11.0 Å². The Morgan fingerprint density at radius 2 is 2.11 bits per heavy atom. The monoisotopic (exact) mass is 372 g/mol. The van der Waals surface area contributed by atoms with Crippen molar-refractivity contribution in [2.75, 3.05) is 13.2 Å². The van der Waals surface area contributed by atoms with Gasteiger partial charge in [-0.1, -0.05) is 13.3 Å². The molecule has 0 aliphatic carbocycles. The van der Waals surface area contributed by atoms with Gasteiger partial charge in [0.2, 0.25) is 5.91 Å². The molecule has 0 spiro atoms. The predicted octanol–water partition coefficient (Wildman–Crippen LogP) is 1.99. The first-order chi connectivity index (χ1) is 13.0. The summed E-state index contributed by atoms with van der Waals surface area (Å²) in [5, 5.41) is 0.861. The lowest BCUT2D eigenvalue weighted by Gasteiger charge is -2.33. The lowest BCUT2D eigenvalue weighted by molar-refractivity contribution is -0.142. The third-order valence-corrected chi connectivity index (χ3v) is 4.83. The second-order valence-corrected chi connectivity index (χ2v) is 6.79. The Balaban J connectivity index is 1.74. The highest BCUT2D eigenvalue weighted by atomic mass is 16.5. The quantitative estimate of drug-likeness (QED) is 0.781. The zero-order valence-electron chi connectivity index (χ0n) is 15.4. The predicted molar refractivity (Wildman–Crippen MR) is 101 cm³/mol. The highest BCUT2D eigenvalue weighted by Gasteiger charge is 2.30. The first-order valence-electron chi connectivity index (χ1n) is 9.28. The summed E-state index contributed by atoms with van der Waals surface area (Å²) in [6, 6.07) is 6.13. The van der Waals surface area contributed by atoms with E-state index in [9.17, 15) is 14.4 Å². The van der Waals surface area contributed by atoms with Crippen LogP contribution < -0.4 is 16.1 Å². The Morgan fingerprint density at radius 3 is 2.85 bits per heavy atom. The van der Waals surface area contributed by atoms with Gasteiger partial charge in [0.25, 0.3) is 5.91 Å². The van der Waals surface area contributed by atoms with Crippen molar-refractivity contribution in [2.45, 2.75) is 45.1 Å². The SMILES string of the molecule is CCCc1cc(=O)oc2cc(OCC(=O)N3CCCCC3C(N)=O)ccc12. The molecule has 1 aromatic heterocycles. The van der Waals surface area contributed by atoms with Crippen molar-refractivity contribution < 1.29 is 18.7 Å². The molecule has 1 aliphatic rings. The number of nitrogens with zero attached hydrogens (tertiary/aromatic N) is 1. The first-order valence-corrected chi connectivity index (χ1v) is 9.28. The van der Waals surface area contributed by atoms with E-state index in [0.717, 1.165) is 36.6 Å². The van der Waals surface area contributed by atoms with E-state index >= 15 is 0 Å². The van der Waals surface area contributed by atoms with Crippen molar-refractivity contribution in [2.24, 2.45) is 5.73 Å². The van der Waals surface area contributed by atoms with Crippen molar-refractivity contribution >= 4 is 22.8 Å². The number of primary amides is 1. The van der Waals surface area contributed by atoms with Gasteiger partial charge in [-0.2, -0.15) is 0 Å². The number of amides is 2. The van der Waals surface area contributed by atoms with E-state index in [1.807, 2.05) is 13.0 Å². The number of nitrogens with two attached hydrogens (primary N) is 1. The molecule has 7 nitrogen and oxygen atoms in total. The van der Waals surface area contributed by atoms with Crippen LogP contribution in [0.3, 0.4) is 0 Å². The number of carbonyl (C=O) groups is 2. The molecule has 1 atom stereocenters. The number of fused-ring (bicyclic) bond motifs is 1. The third kappa shape index (κ3) is 4.30. The largest absolute Gasteiger partial charge is 0.484 e. The van der Waals surface area contributed by atoms with Crippen LogP contribution in [0.25, 0.3) is 11.0 Å². The lowest BCUT2D eigenvalue weighted by Crippen LogP contribution is -2.51. The van der Waals surface area contributed by atoms with Crippen molar-refractivity contribution in [1.82, 2.24) is 4.90 Å². The van der Waals surface area contributed by atoms with Crippen LogP contribution in [0.15, 0.2) is 33.5 Å². The Labute approximate surface area is 157 Å². The summed E-state index contributed by atoms with van der Waals surface area (Å²) < 4.78 is 10.9. The Morgan fingerprint density at radius 1 is 1.30 bits per heavy atom. The summed E-state index contributed by atoms with van der Waals surface area (Å²) in [4.78, 5) is 37.3. The van der Waals surface area contributed by atoms with E-state index in [0.29, 0.717) is 24.3 Å². The molecule has 3 rings (SSSR count). The number of benzene rings is 1. The number of rotatable bonds is 6. The minimum Gasteiger partial charge on any atom is -0.484 e. The average molecular weight is 372 g/mol. The number of ether oxygens (including phenoxy) is 1. The molecule has 1 aliphatic heterocycles. The summed E-state index contributed by atoms with van der Waals surface area (Å²) in [6.45, 7) is 2.35. The van der Waals surface area contributed by atoms with E-state index < -0.39 is 17.6 Å². The van der Waals surface area contributed by atoms with Crippen LogP contribution in [0, 0.1) is 0 Å². The molecule has 7 heteroatoms.